The van der Waals surface area contributed by atoms with E-state index in [4.69, 9.17) is 5.73 Å². The fourth-order valence-corrected chi connectivity index (χ4v) is 2.50. The minimum absolute atomic E-state index is 0. The number of pyridine rings is 1. The quantitative estimate of drug-likeness (QED) is 0.500. The number of carbonyl (C=O) groups is 2. The minimum Gasteiger partial charge on any atom is -1.00 e. The Labute approximate surface area is 163 Å². The molecule has 0 spiro atoms. The fourth-order valence-electron chi connectivity index (χ4n) is 2.50. The average Bonchev–Trinajstić information content (AvgIpc) is 2.64. The minimum atomic E-state index is -0.530. The van der Waals surface area contributed by atoms with Crippen LogP contribution in [0.2, 0.25) is 0 Å². The van der Waals surface area contributed by atoms with Crippen molar-refractivity contribution < 1.29 is 26.6 Å². The summed E-state index contributed by atoms with van der Waals surface area (Å²) in [5.74, 6) is -0.740. The highest BCUT2D eigenvalue weighted by molar-refractivity contribution is 5.94. The van der Waals surface area contributed by atoms with Gasteiger partial charge in [0, 0.05) is 11.8 Å². The van der Waals surface area contributed by atoms with Crippen molar-refractivity contribution in [3.8, 4) is 0 Å². The molecule has 0 fully saturated rings. The molecule has 7 heteroatoms. The standard InChI is InChI=1S/C20H18N4O2.ClH/c21-20(26)15-7-6-12-24(13-15)14-19(25)23-18-11-5-4-10-17(18)22-16-8-2-1-3-9-16;/h1-13,22H,14H2,(H2-,21,23,25,26);1H. The van der Waals surface area contributed by atoms with Crippen molar-refractivity contribution in [1.29, 1.82) is 0 Å². The third-order valence-corrected chi connectivity index (χ3v) is 3.72. The zero-order valence-corrected chi connectivity index (χ0v) is 15.2. The van der Waals surface area contributed by atoms with Crippen molar-refractivity contribution in [2.75, 3.05) is 10.6 Å². The number of halogens is 1. The average molecular weight is 383 g/mol. The maximum absolute atomic E-state index is 12.4. The third kappa shape index (κ3) is 5.55. The van der Waals surface area contributed by atoms with Gasteiger partial charge in [-0.05, 0) is 30.3 Å². The van der Waals surface area contributed by atoms with Crippen LogP contribution in [0.25, 0.3) is 0 Å². The second kappa shape index (κ2) is 9.35. The molecule has 27 heavy (non-hydrogen) atoms. The van der Waals surface area contributed by atoms with Crippen LogP contribution in [0, 0.1) is 0 Å². The molecule has 2 aromatic carbocycles. The van der Waals surface area contributed by atoms with E-state index in [-0.39, 0.29) is 24.9 Å². The molecule has 0 atom stereocenters. The molecule has 3 aromatic rings. The largest absolute Gasteiger partial charge is 1.00 e. The lowest BCUT2D eigenvalue weighted by atomic mass is 10.2. The van der Waals surface area contributed by atoms with Crippen molar-refractivity contribution in [3.05, 3.63) is 84.7 Å². The molecule has 4 N–H and O–H groups in total. The number of hydrogen-bond donors (Lipinski definition) is 3. The van der Waals surface area contributed by atoms with E-state index in [0.29, 0.717) is 11.3 Å². The monoisotopic (exact) mass is 382 g/mol. The molecule has 0 bridgehead atoms. The van der Waals surface area contributed by atoms with E-state index in [1.165, 1.54) is 0 Å². The molecule has 138 valence electrons. The Morgan fingerprint density at radius 2 is 1.56 bits per heavy atom. The van der Waals surface area contributed by atoms with Gasteiger partial charge < -0.3 is 28.8 Å². The molecule has 0 aliphatic carbocycles. The predicted molar refractivity (Wildman–Crippen MR) is 100.0 cm³/mol. The smallest absolute Gasteiger partial charge is 0.290 e. The number of aromatic nitrogens is 1. The van der Waals surface area contributed by atoms with Gasteiger partial charge in [-0.25, -0.2) is 0 Å². The Balaban J connectivity index is 0.00000261. The molecule has 0 radical (unpaired) electrons. The van der Waals surface area contributed by atoms with Crippen LogP contribution < -0.4 is 33.3 Å². The van der Waals surface area contributed by atoms with Gasteiger partial charge in [-0.15, -0.1) is 0 Å². The number of anilines is 3. The lowest BCUT2D eigenvalue weighted by molar-refractivity contribution is -0.684. The van der Waals surface area contributed by atoms with Gasteiger partial charge in [-0.2, -0.15) is 4.57 Å². The first-order valence-corrected chi connectivity index (χ1v) is 8.12. The van der Waals surface area contributed by atoms with E-state index in [1.54, 1.807) is 29.1 Å². The molecule has 0 unspecified atom stereocenters. The summed E-state index contributed by atoms with van der Waals surface area (Å²) in [4.78, 5) is 23.6. The van der Waals surface area contributed by atoms with Gasteiger partial charge in [-0.1, -0.05) is 30.3 Å². The number of nitrogens with one attached hydrogen (secondary N) is 2. The van der Waals surface area contributed by atoms with E-state index >= 15 is 0 Å². The van der Waals surface area contributed by atoms with Gasteiger partial charge in [0.15, 0.2) is 12.4 Å². The van der Waals surface area contributed by atoms with Crippen LogP contribution in [0.15, 0.2) is 79.1 Å². The summed E-state index contributed by atoms with van der Waals surface area (Å²) >= 11 is 0. The van der Waals surface area contributed by atoms with Gasteiger partial charge in [0.05, 0.1) is 11.4 Å². The van der Waals surface area contributed by atoms with E-state index in [9.17, 15) is 9.59 Å². The lowest BCUT2D eigenvalue weighted by Crippen LogP contribution is -3.00. The Morgan fingerprint density at radius 3 is 2.26 bits per heavy atom. The van der Waals surface area contributed by atoms with Crippen LogP contribution in [0.1, 0.15) is 10.4 Å². The highest BCUT2D eigenvalue weighted by atomic mass is 35.5. The van der Waals surface area contributed by atoms with Crippen LogP contribution in [-0.4, -0.2) is 11.8 Å². The molecule has 2 amide bonds. The number of carbonyl (C=O) groups excluding carboxylic acids is 2. The molecule has 1 aromatic heterocycles. The highest BCUT2D eigenvalue weighted by Gasteiger charge is 2.13. The predicted octanol–water partition coefficient (Wildman–Crippen LogP) is -0.541. The number of nitrogens with zero attached hydrogens (tertiary/aromatic N) is 1. The molecular formula is C20H19ClN4O2. The second-order valence-electron chi connectivity index (χ2n) is 5.71. The van der Waals surface area contributed by atoms with Gasteiger partial charge in [0.1, 0.15) is 5.56 Å². The Hall–Kier alpha value is -3.38. The number of para-hydroxylation sites is 3. The molecular weight excluding hydrogens is 364 g/mol. The van der Waals surface area contributed by atoms with Gasteiger partial charge in [0.2, 0.25) is 6.54 Å². The van der Waals surface area contributed by atoms with Gasteiger partial charge in [0.25, 0.3) is 11.8 Å². The molecule has 0 saturated heterocycles. The topological polar surface area (TPSA) is 88.1 Å². The number of hydrogen-bond acceptors (Lipinski definition) is 3. The van der Waals surface area contributed by atoms with Crippen molar-refractivity contribution in [2.24, 2.45) is 5.73 Å². The SMILES string of the molecule is NC(=O)c1ccc[n+](CC(=O)Nc2ccccc2Nc2ccccc2)c1.[Cl-]. The summed E-state index contributed by atoms with van der Waals surface area (Å²) in [7, 11) is 0. The zero-order chi connectivity index (χ0) is 18.4. The fraction of sp³-hybridized carbons (Fsp3) is 0.0500. The summed E-state index contributed by atoms with van der Waals surface area (Å²) in [5, 5.41) is 6.17. The van der Waals surface area contributed by atoms with E-state index < -0.39 is 5.91 Å². The maximum atomic E-state index is 12.4. The highest BCUT2D eigenvalue weighted by Crippen LogP contribution is 2.24. The van der Waals surface area contributed by atoms with Crippen LogP contribution in [0.5, 0.6) is 0 Å². The number of nitrogens with two attached hydrogens (primary N) is 1. The molecule has 3 rings (SSSR count). The summed E-state index contributed by atoms with van der Waals surface area (Å²) in [6.45, 7) is 0.0702. The Kier molecular flexibility index (Phi) is 6.91. The summed E-state index contributed by atoms with van der Waals surface area (Å²) in [5.41, 5.74) is 8.02. The molecule has 0 aliphatic rings. The lowest BCUT2D eigenvalue weighted by Gasteiger charge is -2.12. The third-order valence-electron chi connectivity index (χ3n) is 3.72. The zero-order valence-electron chi connectivity index (χ0n) is 14.4. The van der Waals surface area contributed by atoms with E-state index in [1.807, 2.05) is 54.6 Å². The summed E-state index contributed by atoms with van der Waals surface area (Å²) in [6.07, 6.45) is 3.26. The summed E-state index contributed by atoms with van der Waals surface area (Å²) < 4.78 is 1.61. The molecule has 0 aliphatic heterocycles. The van der Waals surface area contributed by atoms with Gasteiger partial charge in [-0.3, -0.25) is 9.59 Å². The molecule has 0 saturated carbocycles. The maximum Gasteiger partial charge on any atom is 0.290 e. The number of primary amides is 1. The number of rotatable bonds is 6. The van der Waals surface area contributed by atoms with E-state index in [0.717, 1.165) is 11.4 Å². The first-order chi connectivity index (χ1) is 12.6. The van der Waals surface area contributed by atoms with E-state index in [2.05, 4.69) is 10.6 Å². The Bertz CT molecular complexity index is 932. The van der Waals surface area contributed by atoms with Crippen LogP contribution >= 0.6 is 0 Å². The molecule has 6 nitrogen and oxygen atoms in total. The molecule has 1 heterocycles. The van der Waals surface area contributed by atoms with Crippen molar-refractivity contribution in [3.63, 3.8) is 0 Å². The first-order valence-electron chi connectivity index (χ1n) is 8.12. The van der Waals surface area contributed by atoms with Crippen LogP contribution in [0.4, 0.5) is 17.1 Å². The van der Waals surface area contributed by atoms with Gasteiger partial charge >= 0.3 is 0 Å². The second-order valence-corrected chi connectivity index (χ2v) is 5.71. The van der Waals surface area contributed by atoms with Crippen molar-refractivity contribution >= 4 is 28.9 Å². The summed E-state index contributed by atoms with van der Waals surface area (Å²) in [6, 6.07) is 20.5. The Morgan fingerprint density at radius 1 is 0.889 bits per heavy atom. The van der Waals surface area contributed by atoms with Crippen LogP contribution in [0.3, 0.4) is 0 Å². The van der Waals surface area contributed by atoms with Crippen molar-refractivity contribution in [1.82, 2.24) is 0 Å². The van der Waals surface area contributed by atoms with Crippen molar-refractivity contribution in [2.45, 2.75) is 6.54 Å². The number of amides is 2. The van der Waals surface area contributed by atoms with Crippen LogP contribution in [-0.2, 0) is 11.3 Å². The normalized spacial score (nSPS) is 9.78. The first kappa shape index (κ1) is 19.9. The number of benzene rings is 2.